The van der Waals surface area contributed by atoms with Crippen LogP contribution in [0.3, 0.4) is 0 Å². The van der Waals surface area contributed by atoms with E-state index < -0.39 is 49.1 Å². The quantitative estimate of drug-likeness (QED) is 0.0528. The van der Waals surface area contributed by atoms with E-state index in [9.17, 15) is 20.1 Å². The number of H-pyrrole nitrogens is 1. The van der Waals surface area contributed by atoms with Gasteiger partial charge in [0.05, 0.1) is 23.7 Å². The average Bonchev–Trinajstić information content (AvgIpc) is 4.18. The van der Waals surface area contributed by atoms with Gasteiger partial charge in [-0.3, -0.25) is 18.8 Å². The van der Waals surface area contributed by atoms with Gasteiger partial charge in [-0.25, -0.2) is 34.9 Å². The van der Waals surface area contributed by atoms with E-state index in [2.05, 4.69) is 97.2 Å². The Bertz CT molecular complexity index is 3020. The van der Waals surface area contributed by atoms with Crippen LogP contribution in [-0.2, 0) is 26.1 Å². The van der Waals surface area contributed by atoms with Gasteiger partial charge in [-0.1, -0.05) is 32.9 Å². The highest BCUT2D eigenvalue weighted by Crippen LogP contribution is 2.38. The van der Waals surface area contributed by atoms with Crippen molar-refractivity contribution in [1.82, 2.24) is 59.2 Å². The van der Waals surface area contributed by atoms with Crippen LogP contribution in [0.1, 0.15) is 97.0 Å². The topological polar surface area (TPSA) is 301 Å². The minimum Gasteiger partial charge on any atom is -0.483 e. The number of aliphatic hydroxyl groups is 3. The zero-order valence-corrected chi connectivity index (χ0v) is 41.9. The smallest absolute Gasteiger partial charge is 0.224 e. The minimum atomic E-state index is -1.17. The van der Waals surface area contributed by atoms with Crippen LogP contribution in [0.2, 0.25) is 0 Å². The molecule has 0 bridgehead atoms. The predicted molar refractivity (Wildman–Crippen MR) is 273 cm³/mol. The molecule has 3 fully saturated rings. The summed E-state index contributed by atoms with van der Waals surface area (Å²) in [4.78, 5) is 49.1. The molecule has 3 aliphatic rings. The lowest BCUT2D eigenvalue weighted by Crippen LogP contribution is -2.46. The second kappa shape index (κ2) is 20.8. The predicted octanol–water partition coefficient (Wildman–Crippen LogP) is 4.15. The van der Waals surface area contributed by atoms with Crippen molar-refractivity contribution in [2.75, 3.05) is 36.4 Å². The molecule has 388 valence electrons. The number of anilines is 3. The Morgan fingerprint density at radius 2 is 1.53 bits per heavy atom. The first-order chi connectivity index (χ1) is 35.1. The van der Waals surface area contributed by atoms with Crippen molar-refractivity contribution in [3.8, 4) is 5.75 Å². The van der Waals surface area contributed by atoms with Crippen LogP contribution in [0.5, 0.6) is 5.75 Å². The largest absolute Gasteiger partial charge is 0.483 e. The Morgan fingerprint density at radius 1 is 0.863 bits per heavy atom. The number of benzene rings is 2. The lowest BCUT2D eigenvalue weighted by molar-refractivity contribution is -0.116. The van der Waals surface area contributed by atoms with Gasteiger partial charge in [-0.15, -0.1) is 0 Å². The number of nitrogens with one attached hydrogen (secondary N) is 3. The Balaban J connectivity index is 0.730. The number of carbonyl (C=O) groups is 1. The number of carbonyl (C=O) groups excluding carboxylic acids is 1. The Morgan fingerprint density at radius 3 is 2.21 bits per heavy atom. The molecule has 73 heavy (non-hydrogen) atoms. The van der Waals surface area contributed by atoms with Crippen molar-refractivity contribution in [2.24, 2.45) is 5.92 Å². The van der Waals surface area contributed by atoms with Crippen LogP contribution in [0.15, 0.2) is 67.8 Å². The maximum Gasteiger partial charge on any atom is 0.224 e. The van der Waals surface area contributed by atoms with Crippen molar-refractivity contribution >= 4 is 56.6 Å². The lowest BCUT2D eigenvalue weighted by Gasteiger charge is -2.36. The normalized spacial score (nSPS) is 25.4. The fraction of sp³-hybridized carbons (Fsp3) is 0.529. The SMILES string of the molecule is CC(C)N(CCCCC(=O)Nc1ccc(C(C)(C)C)cc1)C[C@H]1O[C@@H](n2cnc3c(N)ncnc32)[C@H](Oc2ccc3nc(CCC4CC(NC[C@H]5O[C@@H](n6cnc7c(N)ncnc76)[C@H](O)[C@@H]5O)C4)[nH]c3c2)[C@@H]1O. The molecule has 8 atom stereocenters. The molecule has 7 heterocycles. The summed E-state index contributed by atoms with van der Waals surface area (Å²) in [5, 5.41) is 40.3. The number of unbranched alkanes of at least 4 members (excludes halogenated alkanes) is 1. The molecule has 7 aromatic rings. The number of rotatable bonds is 19. The van der Waals surface area contributed by atoms with Gasteiger partial charge >= 0.3 is 0 Å². The molecule has 2 aromatic carbocycles. The molecule has 2 aliphatic heterocycles. The number of hydrogen-bond donors (Lipinski definition) is 8. The molecule has 10 N–H and O–H groups in total. The lowest BCUT2D eigenvalue weighted by atomic mass is 9.77. The van der Waals surface area contributed by atoms with Gasteiger partial charge in [0.1, 0.15) is 65.8 Å². The van der Waals surface area contributed by atoms with Gasteiger partial charge in [-0.05, 0) is 93.7 Å². The Kier molecular flexibility index (Phi) is 14.3. The fourth-order valence-electron chi connectivity index (χ4n) is 10.3. The number of aromatic nitrogens is 10. The van der Waals surface area contributed by atoms with Crippen molar-refractivity contribution in [2.45, 2.75) is 146 Å². The highest BCUT2D eigenvalue weighted by atomic mass is 16.6. The third-order valence-electron chi connectivity index (χ3n) is 14.7. The monoisotopic (exact) mass is 1000 g/mol. The molecule has 5 aromatic heterocycles. The number of nitrogens with zero attached hydrogens (tertiary/aromatic N) is 10. The Labute approximate surface area is 422 Å². The first-order valence-corrected chi connectivity index (χ1v) is 25.3. The standard InChI is InChI=1S/C51H67N15O7/c1-27(2)64(17-7-6-8-38(67)61-30-12-10-29(11-13-30)51(3,4)5)22-36-42(69)44(50(73-36)66-26-60-40-46(53)56-24-58-48(40)66)71-32-14-15-33-34(20-32)63-37(62-33)16-9-28-18-31(19-28)54-21-35-41(68)43(70)49(72-35)65-25-59-39-45(52)55-23-57-47(39)65/h10-15,20,23-28,31,35-36,41-44,49-50,54,68-70H,6-9,16-19,21-22H2,1-5H3,(H,61,67)(H,62,63)(H2,52,55,57)(H2,53,56,58)/t28?,31?,35-,36-,41-,42-,43-,44-,49-,50-/m1/s1. The number of aromatic amines is 1. The summed E-state index contributed by atoms with van der Waals surface area (Å²) in [6.07, 6.45) is 4.24. The summed E-state index contributed by atoms with van der Waals surface area (Å²) >= 11 is 0. The van der Waals surface area contributed by atoms with Gasteiger partial charge in [-0.2, -0.15) is 0 Å². The molecule has 1 aliphatic carbocycles. The summed E-state index contributed by atoms with van der Waals surface area (Å²) in [5.74, 6) is 2.34. The third-order valence-corrected chi connectivity index (χ3v) is 14.7. The maximum absolute atomic E-state index is 12.9. The van der Waals surface area contributed by atoms with E-state index in [1.165, 1.54) is 24.5 Å². The molecule has 22 nitrogen and oxygen atoms in total. The number of aryl methyl sites for hydroxylation is 1. The minimum absolute atomic E-state index is 0.0204. The van der Waals surface area contributed by atoms with Crippen molar-refractivity contribution in [1.29, 1.82) is 0 Å². The number of hydrogen-bond acceptors (Lipinski definition) is 18. The van der Waals surface area contributed by atoms with Crippen LogP contribution >= 0.6 is 0 Å². The summed E-state index contributed by atoms with van der Waals surface area (Å²) in [5.41, 5.74) is 17.5. The van der Waals surface area contributed by atoms with Gasteiger partial charge in [0, 0.05) is 49.8 Å². The van der Waals surface area contributed by atoms with Gasteiger partial charge in [0.2, 0.25) is 5.91 Å². The van der Waals surface area contributed by atoms with Crippen molar-refractivity contribution in [3.63, 3.8) is 0 Å². The van der Waals surface area contributed by atoms with Crippen LogP contribution in [0.4, 0.5) is 17.3 Å². The fourth-order valence-corrected chi connectivity index (χ4v) is 10.3. The number of imidazole rings is 3. The number of nitrogen functional groups attached to an aromatic ring is 2. The first kappa shape index (κ1) is 50.1. The van der Waals surface area contributed by atoms with Crippen LogP contribution in [0, 0.1) is 5.92 Å². The number of aliphatic hydroxyl groups excluding tert-OH is 3. The average molecular weight is 1000 g/mol. The molecule has 22 heteroatoms. The highest BCUT2D eigenvalue weighted by molar-refractivity contribution is 5.90. The maximum atomic E-state index is 12.9. The van der Waals surface area contributed by atoms with E-state index in [4.69, 9.17) is 30.7 Å². The summed E-state index contributed by atoms with van der Waals surface area (Å²) in [7, 11) is 0. The highest BCUT2D eigenvalue weighted by Gasteiger charge is 2.48. The zero-order valence-electron chi connectivity index (χ0n) is 41.9. The number of nitrogens with two attached hydrogens (primary N) is 2. The van der Waals surface area contributed by atoms with E-state index in [1.54, 1.807) is 15.5 Å². The van der Waals surface area contributed by atoms with Gasteiger partial charge < -0.3 is 56.6 Å². The van der Waals surface area contributed by atoms with Crippen LogP contribution in [-0.4, -0.2) is 143 Å². The number of ether oxygens (including phenoxy) is 3. The van der Waals surface area contributed by atoms with Gasteiger partial charge in [0.25, 0.3) is 0 Å². The van der Waals surface area contributed by atoms with E-state index in [0.717, 1.165) is 54.6 Å². The van der Waals surface area contributed by atoms with E-state index >= 15 is 0 Å². The van der Waals surface area contributed by atoms with Gasteiger partial charge in [0.15, 0.2) is 41.5 Å². The molecule has 0 radical (unpaired) electrons. The molecule has 2 saturated heterocycles. The number of fused-ring (bicyclic) bond motifs is 3. The zero-order chi connectivity index (χ0) is 51.1. The second-order valence-corrected chi connectivity index (χ2v) is 21.1. The van der Waals surface area contributed by atoms with E-state index in [0.29, 0.717) is 66.5 Å². The van der Waals surface area contributed by atoms with Crippen LogP contribution < -0.4 is 26.8 Å². The number of amides is 1. The molecule has 0 unspecified atom stereocenters. The second-order valence-electron chi connectivity index (χ2n) is 21.1. The molecule has 1 saturated carbocycles. The van der Waals surface area contributed by atoms with E-state index in [1.807, 2.05) is 30.3 Å². The van der Waals surface area contributed by atoms with Crippen molar-refractivity contribution in [3.05, 3.63) is 79.2 Å². The van der Waals surface area contributed by atoms with Crippen molar-refractivity contribution < 1.29 is 34.3 Å². The molecule has 1 amide bonds. The Hall–Kier alpha value is -6.40. The summed E-state index contributed by atoms with van der Waals surface area (Å²) in [6, 6.07) is 14.1. The molecular weight excluding hydrogens is 935 g/mol. The van der Waals surface area contributed by atoms with Crippen LogP contribution in [0.25, 0.3) is 33.4 Å². The molecule has 0 spiro atoms. The summed E-state index contributed by atoms with van der Waals surface area (Å²) in [6.45, 7) is 12.2. The molecular formula is C51H67N15O7. The molecule has 10 rings (SSSR count). The third kappa shape index (κ3) is 10.7. The first-order valence-electron chi connectivity index (χ1n) is 25.3. The van der Waals surface area contributed by atoms with E-state index in [-0.39, 0.29) is 35.0 Å². The summed E-state index contributed by atoms with van der Waals surface area (Å²) < 4.78 is 22.8.